The highest BCUT2D eigenvalue weighted by Gasteiger charge is 2.33. The summed E-state index contributed by atoms with van der Waals surface area (Å²) in [5.74, 6) is 1.55. The number of rotatable bonds is 5. The quantitative estimate of drug-likeness (QED) is 0.902. The average molecular weight is 297 g/mol. The van der Waals surface area contributed by atoms with Crippen LogP contribution in [0.2, 0.25) is 5.02 Å². The van der Waals surface area contributed by atoms with E-state index in [9.17, 15) is 0 Å². The first-order chi connectivity index (χ1) is 9.78. The normalized spacial score (nSPS) is 19.9. The Morgan fingerprint density at radius 3 is 2.75 bits per heavy atom. The molecule has 20 heavy (non-hydrogen) atoms. The summed E-state index contributed by atoms with van der Waals surface area (Å²) in [5, 5.41) is 4.03. The van der Waals surface area contributed by atoms with E-state index in [-0.39, 0.29) is 0 Å². The van der Waals surface area contributed by atoms with Gasteiger partial charge in [0.2, 0.25) is 0 Å². The van der Waals surface area contributed by atoms with E-state index in [2.05, 4.69) is 20.2 Å². The van der Waals surface area contributed by atoms with E-state index in [0.29, 0.717) is 23.0 Å². The molecular weight excluding hydrogens is 276 g/mol. The lowest BCUT2D eigenvalue weighted by molar-refractivity contribution is 0.367. The fourth-order valence-corrected chi connectivity index (χ4v) is 2.98. The number of ether oxygens (including phenoxy) is 1. The van der Waals surface area contributed by atoms with Gasteiger partial charge in [0.25, 0.3) is 0 Å². The maximum absolute atomic E-state index is 6.30. The van der Waals surface area contributed by atoms with Crippen LogP contribution in [0.3, 0.4) is 0 Å². The Morgan fingerprint density at radius 1 is 1.35 bits per heavy atom. The lowest BCUT2D eigenvalue weighted by Crippen LogP contribution is -2.38. The van der Waals surface area contributed by atoms with Crippen LogP contribution in [0.25, 0.3) is 0 Å². The first-order valence-corrected chi connectivity index (χ1v) is 7.69. The second-order valence-corrected chi connectivity index (χ2v) is 6.01. The van der Waals surface area contributed by atoms with E-state index < -0.39 is 0 Å². The van der Waals surface area contributed by atoms with E-state index in [1.807, 2.05) is 0 Å². The summed E-state index contributed by atoms with van der Waals surface area (Å²) in [6.07, 6.45) is 6.55. The SMILES string of the molecule is COc1ncc(Cl)c(N(CC2CCNCC2)C2CC2)n1. The predicted molar refractivity (Wildman–Crippen MR) is 79.6 cm³/mol. The Hall–Kier alpha value is -1.07. The molecule has 0 bridgehead atoms. The van der Waals surface area contributed by atoms with Crippen LogP contribution in [0, 0.1) is 5.92 Å². The highest BCUT2D eigenvalue weighted by Crippen LogP contribution is 2.36. The standard InChI is InChI=1S/C14H21ClN4O/c1-20-14-17-8-12(15)13(18-14)19(11-2-3-11)9-10-4-6-16-7-5-10/h8,10-11,16H,2-7,9H2,1H3. The van der Waals surface area contributed by atoms with E-state index in [4.69, 9.17) is 16.3 Å². The lowest BCUT2D eigenvalue weighted by atomic mass is 9.97. The molecule has 0 atom stereocenters. The average Bonchev–Trinajstić information content (AvgIpc) is 3.31. The number of aromatic nitrogens is 2. The Balaban J connectivity index is 1.79. The van der Waals surface area contributed by atoms with E-state index in [1.54, 1.807) is 13.3 Å². The fourth-order valence-electron chi connectivity index (χ4n) is 2.78. The summed E-state index contributed by atoms with van der Waals surface area (Å²) in [4.78, 5) is 10.9. The number of piperidine rings is 1. The smallest absolute Gasteiger partial charge is 0.318 e. The molecule has 2 aliphatic rings. The molecule has 2 heterocycles. The molecule has 0 aromatic carbocycles. The van der Waals surface area contributed by atoms with Gasteiger partial charge in [-0.05, 0) is 44.7 Å². The molecule has 2 fully saturated rings. The van der Waals surface area contributed by atoms with Gasteiger partial charge in [0, 0.05) is 12.6 Å². The lowest BCUT2D eigenvalue weighted by Gasteiger charge is -2.31. The zero-order valence-corrected chi connectivity index (χ0v) is 12.6. The van der Waals surface area contributed by atoms with Crippen LogP contribution in [0.1, 0.15) is 25.7 Å². The monoisotopic (exact) mass is 296 g/mol. The van der Waals surface area contributed by atoms with Crippen LogP contribution in [-0.4, -0.2) is 42.8 Å². The summed E-state index contributed by atoms with van der Waals surface area (Å²) in [6, 6.07) is 0.974. The van der Waals surface area contributed by atoms with Gasteiger partial charge in [0.15, 0.2) is 5.82 Å². The van der Waals surface area contributed by atoms with Crippen molar-refractivity contribution in [3.8, 4) is 6.01 Å². The molecule has 1 saturated carbocycles. The summed E-state index contributed by atoms with van der Waals surface area (Å²) in [6.45, 7) is 3.26. The molecule has 0 amide bonds. The minimum atomic E-state index is 0.389. The second-order valence-electron chi connectivity index (χ2n) is 5.61. The van der Waals surface area contributed by atoms with Crippen molar-refractivity contribution in [3.63, 3.8) is 0 Å². The van der Waals surface area contributed by atoms with Crippen molar-refractivity contribution in [1.29, 1.82) is 0 Å². The van der Waals surface area contributed by atoms with Crippen LogP contribution in [0.15, 0.2) is 6.20 Å². The molecule has 0 unspecified atom stereocenters. The molecule has 6 heteroatoms. The van der Waals surface area contributed by atoms with Crippen LogP contribution in [0.4, 0.5) is 5.82 Å². The first-order valence-electron chi connectivity index (χ1n) is 7.32. The minimum Gasteiger partial charge on any atom is -0.467 e. The Morgan fingerprint density at radius 2 is 2.10 bits per heavy atom. The van der Waals surface area contributed by atoms with Crippen molar-refractivity contribution in [1.82, 2.24) is 15.3 Å². The van der Waals surface area contributed by atoms with Crippen molar-refractivity contribution in [2.24, 2.45) is 5.92 Å². The number of nitrogens with one attached hydrogen (secondary N) is 1. The van der Waals surface area contributed by atoms with Crippen LogP contribution >= 0.6 is 11.6 Å². The Kier molecular flexibility index (Phi) is 4.27. The number of anilines is 1. The molecule has 110 valence electrons. The largest absolute Gasteiger partial charge is 0.467 e. The van der Waals surface area contributed by atoms with Gasteiger partial charge in [-0.2, -0.15) is 4.98 Å². The second kappa shape index (κ2) is 6.14. The molecular formula is C14H21ClN4O. The van der Waals surface area contributed by atoms with E-state index >= 15 is 0 Å². The molecule has 3 rings (SSSR count). The first kappa shape index (κ1) is 13.9. The third-order valence-corrected chi connectivity index (χ3v) is 4.33. The van der Waals surface area contributed by atoms with Crippen molar-refractivity contribution < 1.29 is 4.74 Å². The highest BCUT2D eigenvalue weighted by molar-refractivity contribution is 6.32. The topological polar surface area (TPSA) is 50.3 Å². The van der Waals surface area contributed by atoms with Gasteiger partial charge in [-0.25, -0.2) is 4.98 Å². The summed E-state index contributed by atoms with van der Waals surface area (Å²) in [7, 11) is 1.58. The number of nitrogens with zero attached hydrogens (tertiary/aromatic N) is 3. The van der Waals surface area contributed by atoms with Gasteiger partial charge in [0.1, 0.15) is 5.02 Å². The molecule has 1 aromatic heterocycles. The summed E-state index contributed by atoms with van der Waals surface area (Å²) in [5.41, 5.74) is 0. The number of hydrogen-bond donors (Lipinski definition) is 1. The number of hydrogen-bond acceptors (Lipinski definition) is 5. The fraction of sp³-hybridized carbons (Fsp3) is 0.714. The molecule has 5 nitrogen and oxygen atoms in total. The van der Waals surface area contributed by atoms with Gasteiger partial charge >= 0.3 is 6.01 Å². The molecule has 0 spiro atoms. The molecule has 1 N–H and O–H groups in total. The van der Waals surface area contributed by atoms with Gasteiger partial charge in [-0.1, -0.05) is 11.6 Å². The third-order valence-electron chi connectivity index (χ3n) is 4.06. The zero-order valence-electron chi connectivity index (χ0n) is 11.8. The van der Waals surface area contributed by atoms with E-state index in [0.717, 1.165) is 25.5 Å². The molecule has 1 aliphatic carbocycles. The zero-order chi connectivity index (χ0) is 13.9. The van der Waals surface area contributed by atoms with Crippen LogP contribution in [0.5, 0.6) is 6.01 Å². The summed E-state index contributed by atoms with van der Waals surface area (Å²) >= 11 is 6.30. The maximum Gasteiger partial charge on any atom is 0.318 e. The third kappa shape index (κ3) is 3.15. The van der Waals surface area contributed by atoms with Gasteiger partial charge in [-0.15, -0.1) is 0 Å². The van der Waals surface area contributed by atoms with Gasteiger partial charge < -0.3 is 15.0 Å². The number of methoxy groups -OCH3 is 1. The highest BCUT2D eigenvalue weighted by atomic mass is 35.5. The van der Waals surface area contributed by atoms with Crippen molar-refractivity contribution in [2.45, 2.75) is 31.7 Å². The Bertz CT molecular complexity index is 460. The molecule has 1 aliphatic heterocycles. The Labute approximate surface area is 124 Å². The molecule has 1 saturated heterocycles. The number of halogens is 1. The maximum atomic E-state index is 6.30. The van der Waals surface area contributed by atoms with Crippen molar-refractivity contribution in [2.75, 3.05) is 31.6 Å². The van der Waals surface area contributed by atoms with Crippen LogP contribution in [-0.2, 0) is 0 Å². The minimum absolute atomic E-state index is 0.389. The predicted octanol–water partition coefficient (Wildman–Crippen LogP) is 2.11. The van der Waals surface area contributed by atoms with E-state index in [1.165, 1.54) is 25.7 Å². The molecule has 1 aromatic rings. The van der Waals surface area contributed by atoms with Crippen molar-refractivity contribution in [3.05, 3.63) is 11.2 Å². The molecule has 0 radical (unpaired) electrons. The van der Waals surface area contributed by atoms with Gasteiger partial charge in [-0.3, -0.25) is 0 Å². The van der Waals surface area contributed by atoms with Crippen molar-refractivity contribution >= 4 is 17.4 Å². The van der Waals surface area contributed by atoms with Crippen LogP contribution < -0.4 is 15.0 Å². The van der Waals surface area contributed by atoms with Gasteiger partial charge in [0.05, 0.1) is 13.3 Å². The summed E-state index contributed by atoms with van der Waals surface area (Å²) < 4.78 is 5.13.